The van der Waals surface area contributed by atoms with Crippen molar-refractivity contribution in [3.63, 3.8) is 0 Å². The summed E-state index contributed by atoms with van der Waals surface area (Å²) in [6.45, 7) is 0. The van der Waals surface area contributed by atoms with E-state index in [9.17, 15) is 2.74 Å². The monoisotopic (exact) mass is 514 g/mol. The van der Waals surface area contributed by atoms with Crippen molar-refractivity contribution in [2.24, 2.45) is 0 Å². The number of fused-ring (bicyclic) bond motifs is 4. The fourth-order valence-electron chi connectivity index (χ4n) is 5.92. The molecule has 0 heterocycles. The van der Waals surface area contributed by atoms with E-state index in [0.29, 0.717) is 22.3 Å². The number of hydrogen-bond donors (Lipinski definition) is 0. The fourth-order valence-corrected chi connectivity index (χ4v) is 5.92. The van der Waals surface area contributed by atoms with Gasteiger partial charge in [-0.1, -0.05) is 151 Å². The van der Waals surface area contributed by atoms with Crippen molar-refractivity contribution in [3.8, 4) is 33.4 Å². The lowest BCUT2D eigenvalue weighted by Crippen LogP contribution is -1.92. The van der Waals surface area contributed by atoms with Gasteiger partial charge >= 0.3 is 0 Å². The first-order valence-corrected chi connectivity index (χ1v) is 13.2. The molecule has 40 heavy (non-hydrogen) atoms. The quantitative estimate of drug-likeness (QED) is 0.206. The molecule has 0 saturated carbocycles. The molecule has 0 amide bonds. The minimum absolute atomic E-state index is 0.209. The predicted octanol–water partition coefficient (Wildman–Crippen LogP) is 11.3. The molecule has 0 aromatic heterocycles. The van der Waals surface area contributed by atoms with E-state index in [1.807, 2.05) is 54.6 Å². The van der Waals surface area contributed by atoms with Crippen molar-refractivity contribution in [3.05, 3.63) is 158 Å². The maximum absolute atomic E-state index is 9.25. The summed E-state index contributed by atoms with van der Waals surface area (Å²) in [5.74, 6) is 0. The molecule has 0 unspecified atom stereocenters. The van der Waals surface area contributed by atoms with E-state index in [1.165, 1.54) is 0 Å². The van der Waals surface area contributed by atoms with Gasteiger partial charge < -0.3 is 0 Å². The van der Waals surface area contributed by atoms with Gasteiger partial charge in [0.2, 0.25) is 0 Å². The number of benzene rings is 8. The summed E-state index contributed by atoms with van der Waals surface area (Å²) in [6, 6.07) is 32.5. The lowest BCUT2D eigenvalue weighted by Gasteiger charge is -2.19. The van der Waals surface area contributed by atoms with E-state index in [1.54, 1.807) is 24.3 Å². The third kappa shape index (κ3) is 3.54. The van der Waals surface area contributed by atoms with E-state index in [0.717, 1.165) is 32.7 Å². The van der Waals surface area contributed by atoms with Crippen LogP contribution in [0, 0.1) is 0 Å². The third-order valence-corrected chi connectivity index (χ3v) is 7.69. The Hall–Kier alpha value is -5.20. The summed E-state index contributed by atoms with van der Waals surface area (Å²) >= 11 is 0. The first-order chi connectivity index (χ1) is 23.2. The van der Waals surface area contributed by atoms with Crippen LogP contribution < -0.4 is 0 Å². The van der Waals surface area contributed by atoms with Gasteiger partial charge in [-0.05, 0) is 82.5 Å². The highest BCUT2D eigenvalue weighted by molar-refractivity contribution is 6.24. The molecule has 0 radical (unpaired) electrons. The molecule has 0 spiro atoms. The summed E-state index contributed by atoms with van der Waals surface area (Å²) in [4.78, 5) is 0. The van der Waals surface area contributed by atoms with Crippen molar-refractivity contribution in [2.75, 3.05) is 0 Å². The highest BCUT2D eigenvalue weighted by atomic mass is 14.2. The molecule has 0 bridgehead atoms. The highest BCUT2D eigenvalue weighted by Crippen LogP contribution is 2.46. The van der Waals surface area contributed by atoms with Gasteiger partial charge in [-0.25, -0.2) is 0 Å². The van der Waals surface area contributed by atoms with Crippen molar-refractivity contribution >= 4 is 43.1 Å². The second kappa shape index (κ2) is 9.22. The maximum Gasteiger partial charge on any atom is 0.0629 e. The van der Waals surface area contributed by atoms with Crippen molar-refractivity contribution in [2.45, 2.75) is 0 Å². The molecule has 186 valence electrons. The Morgan fingerprint density at radius 1 is 0.350 bits per heavy atom. The molecule has 0 aliphatic heterocycles. The van der Waals surface area contributed by atoms with Crippen LogP contribution in [0.3, 0.4) is 0 Å². The summed E-state index contributed by atoms with van der Waals surface area (Å²) < 4.78 is 71.5. The van der Waals surface area contributed by atoms with Crippen LogP contribution in [0.25, 0.3) is 76.5 Å². The Labute approximate surface area is 245 Å². The number of hydrogen-bond acceptors (Lipinski definition) is 0. The van der Waals surface area contributed by atoms with Crippen molar-refractivity contribution in [1.82, 2.24) is 0 Å². The zero-order chi connectivity index (χ0) is 33.4. The minimum Gasteiger partial charge on any atom is -0.0622 e. The Morgan fingerprint density at radius 2 is 0.900 bits per heavy atom. The van der Waals surface area contributed by atoms with Gasteiger partial charge in [0, 0.05) is 0 Å². The summed E-state index contributed by atoms with van der Waals surface area (Å²) in [6.07, 6.45) is 0. The number of rotatable bonds is 3. The second-order valence-electron chi connectivity index (χ2n) is 9.88. The molecule has 0 nitrogen and oxygen atoms in total. The van der Waals surface area contributed by atoms with Gasteiger partial charge in [0.15, 0.2) is 0 Å². The van der Waals surface area contributed by atoms with Crippen LogP contribution in [0.2, 0.25) is 0 Å². The average molecular weight is 515 g/mol. The van der Waals surface area contributed by atoms with Gasteiger partial charge in [0.25, 0.3) is 0 Å². The zero-order valence-corrected chi connectivity index (χ0v) is 21.4. The average Bonchev–Trinajstić information content (AvgIpc) is 3.13. The third-order valence-electron chi connectivity index (χ3n) is 7.69. The summed E-state index contributed by atoms with van der Waals surface area (Å²) in [5, 5.41) is 4.76. The molecule has 8 rings (SSSR count). The lowest BCUT2D eigenvalue weighted by atomic mass is 9.84. The molecule has 8 aromatic carbocycles. The normalized spacial score (nSPS) is 14.3. The molecular weight excluding hydrogens is 480 g/mol. The molecule has 8 aromatic rings. The van der Waals surface area contributed by atoms with Crippen LogP contribution in [0.4, 0.5) is 0 Å². The van der Waals surface area contributed by atoms with Crippen molar-refractivity contribution in [1.29, 1.82) is 0 Å². The van der Waals surface area contributed by atoms with Gasteiger partial charge in [0.05, 0.1) is 11.0 Å². The second-order valence-corrected chi connectivity index (χ2v) is 9.88. The van der Waals surface area contributed by atoms with Crippen LogP contribution in [-0.4, -0.2) is 0 Å². The molecule has 0 aliphatic rings. The fraction of sp³-hybridized carbons (Fsp3) is 0. The van der Waals surface area contributed by atoms with Gasteiger partial charge in [0.1, 0.15) is 0 Å². The molecule has 0 heteroatoms. The van der Waals surface area contributed by atoms with Gasteiger partial charge in [-0.3, -0.25) is 0 Å². The maximum atomic E-state index is 9.25. The Kier molecular flexibility index (Phi) is 3.70. The SMILES string of the molecule is [2H]c1c([2H])c([2H])c2c(-c3cccc4c(-c5ccc6ccccc6c5)cccc34)c3c([2H])c([2H])c([2H])c([2H])c3c(-c3ccccc3)c2c1[2H]. The van der Waals surface area contributed by atoms with Crippen LogP contribution in [0.1, 0.15) is 11.0 Å². The minimum atomic E-state index is -0.412. The first kappa shape index (κ1) is 16.0. The standard InChI is InChI=1S/C40H26/c1-2-13-28(14-3-1)39-35-16-6-8-18-37(35)40(38-19-9-7-17-36(38)39)34-23-11-21-32-31(20-10-22-33(32)34)30-25-24-27-12-4-5-15-29(27)26-30/h1-26H/i6D,7D,8D,9D,16D,17D,18D,19D. The molecule has 0 saturated heterocycles. The summed E-state index contributed by atoms with van der Waals surface area (Å²) in [5.41, 5.74) is 3.87. The van der Waals surface area contributed by atoms with E-state index < -0.39 is 24.2 Å². The largest absolute Gasteiger partial charge is 0.0629 e. The Balaban J connectivity index is 1.60. The van der Waals surface area contributed by atoms with Crippen LogP contribution >= 0.6 is 0 Å². The van der Waals surface area contributed by atoms with E-state index in [2.05, 4.69) is 30.3 Å². The van der Waals surface area contributed by atoms with E-state index >= 15 is 0 Å². The van der Waals surface area contributed by atoms with Crippen LogP contribution in [0.5, 0.6) is 0 Å². The first-order valence-electron chi connectivity index (χ1n) is 17.2. The zero-order valence-electron chi connectivity index (χ0n) is 29.4. The molecule has 0 N–H and O–H groups in total. The van der Waals surface area contributed by atoms with Crippen molar-refractivity contribution < 1.29 is 11.0 Å². The summed E-state index contributed by atoms with van der Waals surface area (Å²) in [7, 11) is 0. The Bertz CT molecular complexity index is 2560. The molecule has 0 aliphatic carbocycles. The smallest absolute Gasteiger partial charge is 0.0622 e. The highest BCUT2D eigenvalue weighted by Gasteiger charge is 2.18. The van der Waals surface area contributed by atoms with Gasteiger partial charge in [-0.2, -0.15) is 0 Å². The molecular formula is C40H26. The Morgan fingerprint density at radius 3 is 1.57 bits per heavy atom. The van der Waals surface area contributed by atoms with Crippen LogP contribution in [0.15, 0.2) is 158 Å². The molecule has 0 fully saturated rings. The molecule has 0 atom stereocenters. The topological polar surface area (TPSA) is 0 Å². The van der Waals surface area contributed by atoms with E-state index in [4.69, 9.17) is 8.22 Å². The lowest BCUT2D eigenvalue weighted by molar-refractivity contribution is 1.65. The predicted molar refractivity (Wildman–Crippen MR) is 173 cm³/mol. The van der Waals surface area contributed by atoms with E-state index in [-0.39, 0.29) is 45.7 Å². The van der Waals surface area contributed by atoms with Crippen LogP contribution in [-0.2, 0) is 0 Å². The van der Waals surface area contributed by atoms with Gasteiger partial charge in [-0.15, -0.1) is 0 Å².